The van der Waals surface area contributed by atoms with Crippen LogP contribution < -0.4 is 5.82 Å². The van der Waals surface area contributed by atoms with E-state index in [0.29, 0.717) is 0 Å². The lowest BCUT2D eigenvalue weighted by molar-refractivity contribution is -0.154. The van der Waals surface area contributed by atoms with E-state index in [1.807, 2.05) is 0 Å². The van der Waals surface area contributed by atoms with Gasteiger partial charge in [0, 0.05) is 0 Å². The normalized spacial score (nSPS) is 12.5. The van der Waals surface area contributed by atoms with Gasteiger partial charge in [0.2, 0.25) is 0 Å². The number of aliphatic hydroxyl groups excluding tert-OH is 1. The summed E-state index contributed by atoms with van der Waals surface area (Å²) in [5.41, 5.74) is 0. The van der Waals surface area contributed by atoms with E-state index in [9.17, 15) is 9.59 Å². The van der Waals surface area contributed by atoms with E-state index in [-0.39, 0.29) is 18.1 Å². The van der Waals surface area contributed by atoms with Crippen molar-refractivity contribution in [1.29, 1.82) is 0 Å². The number of rotatable bonds is 3. The van der Waals surface area contributed by atoms with Gasteiger partial charge in [0.1, 0.15) is 6.10 Å². The third kappa shape index (κ3) is 2.46. The molecule has 0 aliphatic rings. The van der Waals surface area contributed by atoms with Crippen LogP contribution in [0, 0.1) is 6.92 Å². The van der Waals surface area contributed by atoms with Gasteiger partial charge in [-0.1, -0.05) is 0 Å². The number of esters is 1. The highest BCUT2D eigenvalue weighted by Gasteiger charge is 2.14. The van der Waals surface area contributed by atoms with Gasteiger partial charge < -0.3 is 18.7 Å². The molecule has 1 atom stereocenters. The Bertz CT molecular complexity index is 371. The molecule has 0 spiro atoms. The molecule has 1 heterocycles. The average Bonchev–Trinajstić information content (AvgIpc) is 2.40. The van der Waals surface area contributed by atoms with Crippen LogP contribution in [0.2, 0.25) is 0 Å². The van der Waals surface area contributed by atoms with Crippen molar-refractivity contribution in [2.24, 2.45) is 0 Å². The quantitative estimate of drug-likeness (QED) is 0.692. The number of aryl methyl sites for hydroxylation is 1. The van der Waals surface area contributed by atoms with Gasteiger partial charge in [0.05, 0.1) is 0 Å². The largest absolute Gasteiger partial charge is 0.519 e. The standard InChI is InChI=1S/C8H10O6/c1-4(9)7(10)12-3-6-5(2)13-8(11)14-6/h4,9H,3H2,1-2H3. The number of hydrogen-bond acceptors (Lipinski definition) is 6. The Labute approximate surface area is 79.1 Å². The second-order valence-electron chi connectivity index (χ2n) is 2.72. The van der Waals surface area contributed by atoms with E-state index in [1.165, 1.54) is 13.8 Å². The maximum absolute atomic E-state index is 10.8. The van der Waals surface area contributed by atoms with Gasteiger partial charge in [0.15, 0.2) is 18.1 Å². The fourth-order valence-electron chi connectivity index (χ4n) is 0.764. The molecule has 0 saturated carbocycles. The zero-order valence-electron chi connectivity index (χ0n) is 7.77. The molecule has 0 aromatic carbocycles. The predicted molar refractivity (Wildman–Crippen MR) is 43.5 cm³/mol. The number of ether oxygens (including phenoxy) is 1. The molecule has 1 aromatic rings. The summed E-state index contributed by atoms with van der Waals surface area (Å²) in [7, 11) is 0. The monoisotopic (exact) mass is 202 g/mol. The molecule has 0 radical (unpaired) electrons. The zero-order valence-corrected chi connectivity index (χ0v) is 7.77. The summed E-state index contributed by atoms with van der Waals surface area (Å²) in [6.07, 6.45) is -1.20. The van der Waals surface area contributed by atoms with Crippen LogP contribution in [-0.2, 0) is 16.1 Å². The van der Waals surface area contributed by atoms with E-state index >= 15 is 0 Å². The molecule has 0 saturated heterocycles. The molecule has 0 amide bonds. The van der Waals surface area contributed by atoms with Crippen molar-refractivity contribution in [3.8, 4) is 0 Å². The topological polar surface area (TPSA) is 89.9 Å². The first-order valence-electron chi connectivity index (χ1n) is 3.95. The SMILES string of the molecule is Cc1oc(=O)oc1COC(=O)C(C)O. The van der Waals surface area contributed by atoms with Crippen LogP contribution in [0.5, 0.6) is 0 Å². The minimum Gasteiger partial charge on any atom is -0.455 e. The Morgan fingerprint density at radius 2 is 2.21 bits per heavy atom. The van der Waals surface area contributed by atoms with Gasteiger partial charge in [-0.25, -0.2) is 9.59 Å². The highest BCUT2D eigenvalue weighted by atomic mass is 16.6. The van der Waals surface area contributed by atoms with Crippen LogP contribution in [0.4, 0.5) is 0 Å². The number of hydrogen-bond donors (Lipinski definition) is 1. The molecule has 0 bridgehead atoms. The summed E-state index contributed by atoms with van der Waals surface area (Å²) in [6, 6.07) is 0. The van der Waals surface area contributed by atoms with Crippen molar-refractivity contribution in [3.05, 3.63) is 22.1 Å². The summed E-state index contributed by atoms with van der Waals surface area (Å²) < 4.78 is 13.7. The van der Waals surface area contributed by atoms with Crippen molar-refractivity contribution < 1.29 is 23.5 Å². The van der Waals surface area contributed by atoms with E-state index in [0.717, 1.165) is 0 Å². The maximum atomic E-state index is 10.8. The van der Waals surface area contributed by atoms with Crippen molar-refractivity contribution in [3.63, 3.8) is 0 Å². The molecule has 0 aliphatic carbocycles. The Balaban J connectivity index is 2.58. The molecular formula is C8H10O6. The van der Waals surface area contributed by atoms with Crippen molar-refractivity contribution >= 4 is 5.97 Å². The number of aliphatic hydroxyl groups is 1. The molecule has 0 aliphatic heterocycles. The van der Waals surface area contributed by atoms with E-state index in [4.69, 9.17) is 5.11 Å². The first kappa shape index (κ1) is 10.5. The smallest absolute Gasteiger partial charge is 0.455 e. The van der Waals surface area contributed by atoms with Gasteiger partial charge >= 0.3 is 11.8 Å². The molecule has 1 unspecified atom stereocenters. The van der Waals surface area contributed by atoms with Crippen molar-refractivity contribution in [1.82, 2.24) is 0 Å². The average molecular weight is 202 g/mol. The minimum absolute atomic E-state index is 0.143. The third-order valence-corrected chi connectivity index (χ3v) is 1.52. The third-order valence-electron chi connectivity index (χ3n) is 1.52. The van der Waals surface area contributed by atoms with Crippen LogP contribution in [0.15, 0.2) is 13.6 Å². The van der Waals surface area contributed by atoms with Crippen molar-refractivity contribution in [2.45, 2.75) is 26.6 Å². The van der Waals surface area contributed by atoms with Gasteiger partial charge in [-0.05, 0) is 13.8 Å². The summed E-state index contributed by atoms with van der Waals surface area (Å²) in [6.45, 7) is 2.57. The molecule has 14 heavy (non-hydrogen) atoms. The number of carbonyl (C=O) groups excluding carboxylic acids is 1. The Kier molecular flexibility index (Phi) is 3.08. The van der Waals surface area contributed by atoms with Crippen molar-refractivity contribution in [2.75, 3.05) is 0 Å². The maximum Gasteiger partial charge on any atom is 0.519 e. The second kappa shape index (κ2) is 4.10. The van der Waals surface area contributed by atoms with Gasteiger partial charge in [0.25, 0.3) is 0 Å². The van der Waals surface area contributed by atoms with Crippen LogP contribution >= 0.6 is 0 Å². The van der Waals surface area contributed by atoms with Crippen LogP contribution in [-0.4, -0.2) is 17.2 Å². The Morgan fingerprint density at radius 1 is 1.57 bits per heavy atom. The lowest BCUT2D eigenvalue weighted by atomic mass is 10.4. The summed E-state index contributed by atoms with van der Waals surface area (Å²) in [5, 5.41) is 8.78. The summed E-state index contributed by atoms with van der Waals surface area (Å²) >= 11 is 0. The Morgan fingerprint density at radius 3 is 2.64 bits per heavy atom. The first-order valence-corrected chi connectivity index (χ1v) is 3.95. The molecule has 6 nitrogen and oxygen atoms in total. The van der Waals surface area contributed by atoms with Crippen LogP contribution in [0.3, 0.4) is 0 Å². The van der Waals surface area contributed by atoms with E-state index < -0.39 is 17.9 Å². The van der Waals surface area contributed by atoms with Gasteiger partial charge in [-0.2, -0.15) is 0 Å². The summed E-state index contributed by atoms with van der Waals surface area (Å²) in [4.78, 5) is 21.4. The van der Waals surface area contributed by atoms with Gasteiger partial charge in [-0.15, -0.1) is 0 Å². The molecule has 0 fully saturated rings. The first-order chi connectivity index (χ1) is 6.50. The molecule has 1 N–H and O–H groups in total. The number of carbonyl (C=O) groups is 1. The minimum atomic E-state index is -1.20. The lowest BCUT2D eigenvalue weighted by Crippen LogP contribution is -2.19. The highest BCUT2D eigenvalue weighted by molar-refractivity contribution is 5.73. The van der Waals surface area contributed by atoms with Crippen LogP contribution in [0.1, 0.15) is 18.4 Å². The highest BCUT2D eigenvalue weighted by Crippen LogP contribution is 2.06. The predicted octanol–water partition coefficient (Wildman–Crippen LogP) is -0.0348. The van der Waals surface area contributed by atoms with Gasteiger partial charge in [-0.3, -0.25) is 0 Å². The fourth-order valence-corrected chi connectivity index (χ4v) is 0.764. The van der Waals surface area contributed by atoms with Crippen LogP contribution in [0.25, 0.3) is 0 Å². The molecule has 1 aromatic heterocycles. The second-order valence-corrected chi connectivity index (χ2v) is 2.72. The van der Waals surface area contributed by atoms with E-state index in [2.05, 4.69) is 13.6 Å². The zero-order chi connectivity index (χ0) is 10.7. The lowest BCUT2D eigenvalue weighted by Gasteiger charge is -2.03. The van der Waals surface area contributed by atoms with E-state index in [1.54, 1.807) is 0 Å². The Hall–Kier alpha value is -1.56. The molecule has 1 rings (SSSR count). The fraction of sp³-hybridized carbons (Fsp3) is 0.500. The summed E-state index contributed by atoms with van der Waals surface area (Å²) in [5.74, 6) is -1.23. The molecule has 6 heteroatoms. The molecule has 78 valence electrons. The molecular weight excluding hydrogens is 192 g/mol.